The van der Waals surface area contributed by atoms with Crippen LogP contribution >= 0.6 is 0 Å². The molecular formula is C11H16N6O2. The summed E-state index contributed by atoms with van der Waals surface area (Å²) in [5.41, 5.74) is 0.695. The Hall–Kier alpha value is -1.96. The quantitative estimate of drug-likeness (QED) is 0.622. The number of hydrogen-bond acceptors (Lipinski definition) is 5. The molecule has 0 bridgehead atoms. The first-order valence-electron chi connectivity index (χ1n) is 6.31. The van der Waals surface area contributed by atoms with E-state index in [2.05, 4.69) is 15.6 Å². The Morgan fingerprint density at radius 2 is 2.26 bits per heavy atom. The lowest BCUT2D eigenvalue weighted by molar-refractivity contribution is -0.160. The fourth-order valence-corrected chi connectivity index (χ4v) is 2.59. The van der Waals surface area contributed by atoms with Gasteiger partial charge in [-0.2, -0.15) is 0 Å². The van der Waals surface area contributed by atoms with Crippen LogP contribution in [-0.2, 0) is 23.2 Å². The third-order valence-corrected chi connectivity index (χ3v) is 3.52. The number of hydrogen-bond donors (Lipinski definition) is 1. The average molecular weight is 264 g/mol. The fraction of sp³-hybridized carbons (Fsp3) is 0.636. The van der Waals surface area contributed by atoms with E-state index < -0.39 is 11.8 Å². The smallest absolute Gasteiger partial charge is 0.312 e. The number of aromatic nitrogens is 3. The van der Waals surface area contributed by atoms with Crippen molar-refractivity contribution in [2.75, 3.05) is 26.2 Å². The Labute approximate surface area is 110 Å². The molecule has 1 unspecified atom stereocenters. The lowest BCUT2D eigenvalue weighted by Gasteiger charge is -2.43. The Morgan fingerprint density at radius 3 is 3.00 bits per heavy atom. The highest BCUT2D eigenvalue weighted by molar-refractivity contribution is 6.35. The molecule has 2 fully saturated rings. The molecule has 102 valence electrons. The number of piperazine rings is 2. The molecule has 1 N–H and O–H groups in total. The Bertz CT molecular complexity index is 513. The van der Waals surface area contributed by atoms with Gasteiger partial charge in [0.1, 0.15) is 5.69 Å². The molecule has 0 radical (unpaired) electrons. The normalized spacial score (nSPS) is 23.7. The van der Waals surface area contributed by atoms with Crippen molar-refractivity contribution < 1.29 is 9.59 Å². The minimum Gasteiger partial charge on any atom is -0.327 e. The zero-order valence-electron chi connectivity index (χ0n) is 10.7. The van der Waals surface area contributed by atoms with Gasteiger partial charge in [-0.3, -0.25) is 14.3 Å². The summed E-state index contributed by atoms with van der Waals surface area (Å²) in [6.07, 6.45) is 1.75. The van der Waals surface area contributed by atoms with E-state index >= 15 is 0 Å². The van der Waals surface area contributed by atoms with E-state index in [1.54, 1.807) is 27.7 Å². The summed E-state index contributed by atoms with van der Waals surface area (Å²) in [6, 6.07) is 0.0654. The summed E-state index contributed by atoms with van der Waals surface area (Å²) < 4.78 is 1.58. The Kier molecular flexibility index (Phi) is 2.94. The maximum absolute atomic E-state index is 12.1. The van der Waals surface area contributed by atoms with Gasteiger partial charge >= 0.3 is 11.8 Å². The molecular weight excluding hydrogens is 248 g/mol. The van der Waals surface area contributed by atoms with Crippen molar-refractivity contribution in [1.29, 1.82) is 0 Å². The summed E-state index contributed by atoms with van der Waals surface area (Å²) in [5, 5.41) is 11.0. The highest BCUT2D eigenvalue weighted by Gasteiger charge is 2.40. The van der Waals surface area contributed by atoms with Crippen molar-refractivity contribution in [2.24, 2.45) is 7.05 Å². The molecule has 0 spiro atoms. The van der Waals surface area contributed by atoms with Gasteiger partial charge in [0.2, 0.25) is 0 Å². The number of carbonyl (C=O) groups excluding carboxylic acids is 2. The maximum Gasteiger partial charge on any atom is 0.312 e. The first-order valence-corrected chi connectivity index (χ1v) is 6.31. The minimum atomic E-state index is -0.441. The van der Waals surface area contributed by atoms with Crippen LogP contribution in [0.15, 0.2) is 6.20 Å². The van der Waals surface area contributed by atoms with Crippen LogP contribution in [0.1, 0.15) is 5.69 Å². The van der Waals surface area contributed by atoms with Gasteiger partial charge in [-0.15, -0.1) is 5.10 Å². The monoisotopic (exact) mass is 264 g/mol. The van der Waals surface area contributed by atoms with Gasteiger partial charge in [0.25, 0.3) is 0 Å². The molecule has 0 saturated carbocycles. The summed E-state index contributed by atoms with van der Waals surface area (Å²) in [7, 11) is 1.77. The highest BCUT2D eigenvalue weighted by atomic mass is 16.2. The lowest BCUT2D eigenvalue weighted by Crippen LogP contribution is -2.65. The molecule has 1 atom stereocenters. The standard InChI is InChI=1S/C11H16N6O2/c1-15-5-8(13-14-15)6-16-7-9-4-12-2-3-17(9)11(19)10(16)18/h5,9,12H,2-4,6-7H2,1H3. The second-order valence-electron chi connectivity index (χ2n) is 4.93. The fourth-order valence-electron chi connectivity index (χ4n) is 2.59. The minimum absolute atomic E-state index is 0.0654. The van der Waals surface area contributed by atoms with Crippen LogP contribution in [0.2, 0.25) is 0 Å². The van der Waals surface area contributed by atoms with Gasteiger partial charge < -0.3 is 15.1 Å². The molecule has 3 rings (SSSR count). The van der Waals surface area contributed by atoms with Crippen LogP contribution in [0.25, 0.3) is 0 Å². The largest absolute Gasteiger partial charge is 0.327 e. The van der Waals surface area contributed by atoms with Crippen molar-refractivity contribution in [1.82, 2.24) is 30.1 Å². The molecule has 2 aliphatic heterocycles. The summed E-state index contributed by atoms with van der Waals surface area (Å²) in [5.74, 6) is -0.842. The predicted octanol–water partition coefficient (Wildman–Crippen LogP) is -2.04. The molecule has 2 amide bonds. The number of amides is 2. The maximum atomic E-state index is 12.1. The van der Waals surface area contributed by atoms with Crippen molar-refractivity contribution >= 4 is 11.8 Å². The first-order chi connectivity index (χ1) is 9.15. The number of rotatable bonds is 2. The summed E-state index contributed by atoms with van der Waals surface area (Å²) in [6.45, 7) is 2.97. The zero-order chi connectivity index (χ0) is 13.4. The van der Waals surface area contributed by atoms with Crippen LogP contribution in [0.4, 0.5) is 0 Å². The van der Waals surface area contributed by atoms with Crippen molar-refractivity contribution in [2.45, 2.75) is 12.6 Å². The SMILES string of the molecule is Cn1cc(CN2CC3CNCCN3C(=O)C2=O)nn1. The molecule has 2 aliphatic rings. The average Bonchev–Trinajstić information content (AvgIpc) is 2.81. The van der Waals surface area contributed by atoms with E-state index in [4.69, 9.17) is 0 Å². The molecule has 19 heavy (non-hydrogen) atoms. The molecule has 3 heterocycles. The molecule has 0 aliphatic carbocycles. The first kappa shape index (κ1) is 12.1. The predicted molar refractivity (Wildman–Crippen MR) is 64.8 cm³/mol. The molecule has 0 aromatic carbocycles. The molecule has 1 aromatic heterocycles. The highest BCUT2D eigenvalue weighted by Crippen LogP contribution is 2.15. The second kappa shape index (κ2) is 4.61. The van der Waals surface area contributed by atoms with Crippen LogP contribution in [0.5, 0.6) is 0 Å². The van der Waals surface area contributed by atoms with E-state index in [-0.39, 0.29) is 6.04 Å². The molecule has 1 aromatic rings. The molecule has 8 heteroatoms. The van der Waals surface area contributed by atoms with Crippen LogP contribution in [0.3, 0.4) is 0 Å². The van der Waals surface area contributed by atoms with Crippen molar-refractivity contribution in [3.63, 3.8) is 0 Å². The van der Waals surface area contributed by atoms with Crippen molar-refractivity contribution in [3.8, 4) is 0 Å². The number of nitrogens with one attached hydrogen (secondary N) is 1. The van der Waals surface area contributed by atoms with Gasteiger partial charge in [0, 0.05) is 39.4 Å². The van der Waals surface area contributed by atoms with Gasteiger partial charge in [0.15, 0.2) is 0 Å². The van der Waals surface area contributed by atoms with Gasteiger partial charge in [-0.25, -0.2) is 0 Å². The lowest BCUT2D eigenvalue weighted by atomic mass is 10.1. The molecule has 2 saturated heterocycles. The number of fused-ring (bicyclic) bond motifs is 1. The van der Waals surface area contributed by atoms with Gasteiger partial charge in [-0.05, 0) is 0 Å². The third kappa shape index (κ3) is 2.19. The van der Waals surface area contributed by atoms with E-state index in [0.29, 0.717) is 25.3 Å². The number of nitrogens with zero attached hydrogens (tertiary/aromatic N) is 5. The third-order valence-electron chi connectivity index (χ3n) is 3.52. The Balaban J connectivity index is 1.75. The topological polar surface area (TPSA) is 83.4 Å². The van der Waals surface area contributed by atoms with Crippen LogP contribution in [-0.4, -0.2) is 68.8 Å². The second-order valence-corrected chi connectivity index (χ2v) is 4.93. The number of aryl methyl sites for hydroxylation is 1. The summed E-state index contributed by atoms with van der Waals surface area (Å²) in [4.78, 5) is 27.3. The van der Waals surface area contributed by atoms with Crippen molar-refractivity contribution in [3.05, 3.63) is 11.9 Å². The molecule has 8 nitrogen and oxygen atoms in total. The number of carbonyl (C=O) groups is 2. The van der Waals surface area contributed by atoms with Crippen LogP contribution in [0, 0.1) is 0 Å². The van der Waals surface area contributed by atoms with E-state index in [1.165, 1.54) is 0 Å². The van der Waals surface area contributed by atoms with E-state index in [0.717, 1.165) is 13.1 Å². The van der Waals surface area contributed by atoms with E-state index in [1.807, 2.05) is 0 Å². The van der Waals surface area contributed by atoms with Gasteiger partial charge in [-0.1, -0.05) is 5.21 Å². The summed E-state index contributed by atoms with van der Waals surface area (Å²) >= 11 is 0. The zero-order valence-corrected chi connectivity index (χ0v) is 10.7. The van der Waals surface area contributed by atoms with E-state index in [9.17, 15) is 9.59 Å². The Morgan fingerprint density at radius 1 is 1.42 bits per heavy atom. The van der Waals surface area contributed by atoms with Crippen LogP contribution < -0.4 is 5.32 Å². The van der Waals surface area contributed by atoms with Gasteiger partial charge in [0.05, 0.1) is 12.6 Å².